The van der Waals surface area contributed by atoms with E-state index in [1.165, 1.54) is 6.92 Å². The predicted molar refractivity (Wildman–Crippen MR) is 54.5 cm³/mol. The van der Waals surface area contributed by atoms with Gasteiger partial charge in [0.25, 0.3) is 0 Å². The summed E-state index contributed by atoms with van der Waals surface area (Å²) in [6.07, 6.45) is -12.0. The maximum Gasteiger partial charge on any atom is 0.409 e. The average molecular weight is 309 g/mol. The normalized spacial score (nSPS) is 12.4. The molecule has 0 rings (SSSR count). The van der Waals surface area contributed by atoms with Crippen molar-refractivity contribution in [3.63, 3.8) is 0 Å². The summed E-state index contributed by atoms with van der Waals surface area (Å²) in [5.41, 5.74) is 0. The Bertz CT molecular complexity index is 338. The van der Waals surface area contributed by atoms with Crippen LogP contribution in [0.5, 0.6) is 0 Å². The van der Waals surface area contributed by atoms with Crippen LogP contribution in [0.15, 0.2) is 0 Å². The largest absolute Gasteiger partial charge is 0.466 e. The summed E-state index contributed by atoms with van der Waals surface area (Å²) in [6.45, 7) is 0.903. The molecule has 118 valence electrons. The van der Waals surface area contributed by atoms with Crippen LogP contribution in [-0.4, -0.2) is 49.3 Å². The molecular formula is C10H13F6NO3. The van der Waals surface area contributed by atoms with Gasteiger partial charge in [-0.3, -0.25) is 9.59 Å². The third-order valence-electron chi connectivity index (χ3n) is 2.23. The Labute approximate surface area is 110 Å². The van der Waals surface area contributed by atoms with Crippen LogP contribution < -0.4 is 0 Å². The van der Waals surface area contributed by atoms with Crippen molar-refractivity contribution in [1.82, 2.24) is 4.90 Å². The van der Waals surface area contributed by atoms with Crippen molar-refractivity contribution in [3.05, 3.63) is 0 Å². The van der Waals surface area contributed by atoms with Gasteiger partial charge in [0.2, 0.25) is 11.8 Å². The molecule has 0 unspecified atom stereocenters. The van der Waals surface area contributed by atoms with Crippen LogP contribution in [0.2, 0.25) is 0 Å². The third-order valence-corrected chi connectivity index (χ3v) is 2.23. The van der Waals surface area contributed by atoms with Gasteiger partial charge in [0, 0.05) is 13.6 Å². The van der Waals surface area contributed by atoms with Gasteiger partial charge in [-0.1, -0.05) is 0 Å². The molecule has 0 aromatic carbocycles. The summed E-state index contributed by atoms with van der Waals surface area (Å²) in [5, 5.41) is 0. The van der Waals surface area contributed by atoms with Gasteiger partial charge in [-0.2, -0.15) is 26.3 Å². The summed E-state index contributed by atoms with van der Waals surface area (Å²) in [5.74, 6) is -7.07. The van der Waals surface area contributed by atoms with Gasteiger partial charge in [-0.15, -0.1) is 0 Å². The zero-order valence-corrected chi connectivity index (χ0v) is 10.6. The van der Waals surface area contributed by atoms with Crippen LogP contribution in [0.3, 0.4) is 0 Å². The van der Waals surface area contributed by atoms with Crippen molar-refractivity contribution >= 4 is 11.9 Å². The van der Waals surface area contributed by atoms with Crippen molar-refractivity contribution < 1.29 is 40.7 Å². The molecule has 0 atom stereocenters. The molecular weight excluding hydrogens is 296 g/mol. The Morgan fingerprint density at radius 2 is 1.55 bits per heavy atom. The predicted octanol–water partition coefficient (Wildman–Crippen LogP) is 2.14. The highest BCUT2D eigenvalue weighted by Gasteiger charge is 2.61. The van der Waals surface area contributed by atoms with Gasteiger partial charge in [0.05, 0.1) is 13.0 Å². The molecule has 4 nitrogen and oxygen atoms in total. The molecule has 0 fully saturated rings. The lowest BCUT2D eigenvalue weighted by Crippen LogP contribution is -2.48. The molecule has 0 N–H and O–H groups in total. The van der Waals surface area contributed by atoms with E-state index in [1.54, 1.807) is 0 Å². The lowest BCUT2D eigenvalue weighted by Gasteiger charge is -2.26. The highest BCUT2D eigenvalue weighted by Crippen LogP contribution is 2.40. The fourth-order valence-corrected chi connectivity index (χ4v) is 1.29. The average Bonchev–Trinajstić information content (AvgIpc) is 2.22. The molecule has 0 heterocycles. The quantitative estimate of drug-likeness (QED) is 0.577. The highest BCUT2D eigenvalue weighted by molar-refractivity contribution is 5.80. The van der Waals surface area contributed by atoms with Crippen LogP contribution in [0.1, 0.15) is 13.3 Å². The van der Waals surface area contributed by atoms with E-state index in [0.29, 0.717) is 0 Å². The number of halogens is 6. The molecule has 10 heteroatoms. The van der Waals surface area contributed by atoms with Gasteiger partial charge in [0.1, 0.15) is 0 Å². The molecule has 0 saturated heterocycles. The van der Waals surface area contributed by atoms with E-state index < -0.39 is 43.1 Å². The molecule has 20 heavy (non-hydrogen) atoms. The number of rotatable bonds is 5. The van der Waals surface area contributed by atoms with E-state index in [-0.39, 0.29) is 11.5 Å². The Balaban J connectivity index is 4.79. The van der Waals surface area contributed by atoms with Gasteiger partial charge < -0.3 is 9.64 Å². The third kappa shape index (κ3) is 5.66. The SMILES string of the molecule is CCOC(=O)CCN(C)C(=O)C(C(F)(F)F)C(F)(F)F. The zero-order valence-electron chi connectivity index (χ0n) is 10.6. The first-order chi connectivity index (χ1) is 8.91. The number of amides is 1. The molecule has 0 aliphatic heterocycles. The number of carbonyl (C=O) groups is 2. The van der Waals surface area contributed by atoms with Crippen molar-refractivity contribution in [2.75, 3.05) is 20.2 Å². The monoisotopic (exact) mass is 309 g/mol. The van der Waals surface area contributed by atoms with Crippen molar-refractivity contribution in [3.8, 4) is 0 Å². The van der Waals surface area contributed by atoms with Crippen LogP contribution in [-0.2, 0) is 14.3 Å². The number of carbonyl (C=O) groups excluding carboxylic acids is 2. The molecule has 0 aromatic heterocycles. The number of nitrogens with zero attached hydrogens (tertiary/aromatic N) is 1. The Morgan fingerprint density at radius 1 is 1.10 bits per heavy atom. The Hall–Kier alpha value is -1.48. The van der Waals surface area contributed by atoms with Crippen molar-refractivity contribution in [1.29, 1.82) is 0 Å². The Morgan fingerprint density at radius 3 is 1.90 bits per heavy atom. The number of hydrogen-bond acceptors (Lipinski definition) is 3. The van der Waals surface area contributed by atoms with E-state index in [9.17, 15) is 35.9 Å². The molecule has 0 aromatic rings. The van der Waals surface area contributed by atoms with E-state index in [0.717, 1.165) is 7.05 Å². The minimum Gasteiger partial charge on any atom is -0.466 e. The maximum absolute atomic E-state index is 12.3. The summed E-state index contributed by atoms with van der Waals surface area (Å²) >= 11 is 0. The lowest BCUT2D eigenvalue weighted by molar-refractivity contribution is -0.277. The van der Waals surface area contributed by atoms with Gasteiger partial charge in [0.15, 0.2) is 0 Å². The summed E-state index contributed by atoms with van der Waals surface area (Å²) in [7, 11) is 0.756. The highest BCUT2D eigenvalue weighted by atomic mass is 19.4. The first-order valence-corrected chi connectivity index (χ1v) is 5.45. The summed E-state index contributed by atoms with van der Waals surface area (Å²) in [6, 6.07) is 0. The van der Waals surface area contributed by atoms with E-state index >= 15 is 0 Å². The zero-order chi connectivity index (χ0) is 16.1. The van der Waals surface area contributed by atoms with Crippen molar-refractivity contribution in [2.24, 2.45) is 5.92 Å². The van der Waals surface area contributed by atoms with Gasteiger partial charge >= 0.3 is 18.3 Å². The molecule has 0 radical (unpaired) electrons. The van der Waals surface area contributed by atoms with E-state index in [4.69, 9.17) is 0 Å². The fourth-order valence-electron chi connectivity index (χ4n) is 1.29. The molecule has 0 aliphatic carbocycles. The van der Waals surface area contributed by atoms with Gasteiger partial charge in [-0.05, 0) is 6.92 Å². The molecule has 0 aliphatic rings. The molecule has 0 saturated carbocycles. The van der Waals surface area contributed by atoms with Gasteiger partial charge in [-0.25, -0.2) is 0 Å². The maximum atomic E-state index is 12.3. The minimum atomic E-state index is -5.74. The minimum absolute atomic E-state index is 0.0181. The second kappa shape index (κ2) is 6.80. The van der Waals surface area contributed by atoms with E-state index in [2.05, 4.69) is 4.74 Å². The molecule has 0 bridgehead atoms. The van der Waals surface area contributed by atoms with Crippen LogP contribution in [0.4, 0.5) is 26.3 Å². The number of ether oxygens (including phenoxy) is 1. The summed E-state index contributed by atoms with van der Waals surface area (Å²) in [4.78, 5) is 22.4. The van der Waals surface area contributed by atoms with Crippen molar-refractivity contribution in [2.45, 2.75) is 25.7 Å². The summed E-state index contributed by atoms with van der Waals surface area (Å²) < 4.78 is 78.2. The standard InChI is InChI=1S/C10H13F6NO3/c1-3-20-6(18)4-5-17(2)8(19)7(9(11,12)13)10(14,15)16/h7H,3-5H2,1-2H3. The number of alkyl halides is 6. The number of hydrogen-bond donors (Lipinski definition) is 0. The van der Waals surface area contributed by atoms with Crippen LogP contribution >= 0.6 is 0 Å². The number of esters is 1. The molecule has 1 amide bonds. The first kappa shape index (κ1) is 18.5. The second-order valence-corrected chi connectivity index (χ2v) is 3.83. The van der Waals surface area contributed by atoms with Crippen LogP contribution in [0, 0.1) is 5.92 Å². The van der Waals surface area contributed by atoms with Crippen LogP contribution in [0.25, 0.3) is 0 Å². The molecule has 0 spiro atoms. The topological polar surface area (TPSA) is 46.6 Å². The van der Waals surface area contributed by atoms with E-state index in [1.807, 2.05) is 0 Å². The smallest absolute Gasteiger partial charge is 0.409 e. The fraction of sp³-hybridized carbons (Fsp3) is 0.800. The lowest BCUT2D eigenvalue weighted by atomic mass is 10.1. The second-order valence-electron chi connectivity index (χ2n) is 3.83. The first-order valence-electron chi connectivity index (χ1n) is 5.45. The Kier molecular flexibility index (Phi) is 6.30.